The summed E-state index contributed by atoms with van der Waals surface area (Å²) >= 11 is 5.94. The van der Waals surface area contributed by atoms with Crippen LogP contribution >= 0.6 is 11.6 Å². The zero-order valence-electron chi connectivity index (χ0n) is 14.5. The van der Waals surface area contributed by atoms with Crippen molar-refractivity contribution >= 4 is 29.3 Å². The number of halogens is 1. The maximum Gasteiger partial charge on any atom is 0.321 e. The van der Waals surface area contributed by atoms with Crippen LogP contribution in [0.25, 0.3) is 0 Å². The molecule has 1 N–H and O–H groups in total. The lowest BCUT2D eigenvalue weighted by molar-refractivity contribution is -0.143. The van der Waals surface area contributed by atoms with Gasteiger partial charge in [-0.05, 0) is 31.5 Å². The zero-order chi connectivity index (χ0) is 17.8. The van der Waals surface area contributed by atoms with Gasteiger partial charge >= 0.3 is 12.0 Å². The van der Waals surface area contributed by atoms with Crippen LogP contribution in [-0.2, 0) is 9.53 Å². The van der Waals surface area contributed by atoms with Gasteiger partial charge in [-0.3, -0.25) is 4.79 Å². The van der Waals surface area contributed by atoms with Crippen molar-refractivity contribution in [1.82, 2.24) is 4.90 Å². The van der Waals surface area contributed by atoms with E-state index in [1.165, 1.54) is 0 Å². The molecule has 24 heavy (non-hydrogen) atoms. The van der Waals surface area contributed by atoms with Crippen LogP contribution in [0.4, 0.5) is 10.5 Å². The maximum atomic E-state index is 12.5. The third kappa shape index (κ3) is 8.20. The lowest BCUT2D eigenvalue weighted by Crippen LogP contribution is -2.37. The van der Waals surface area contributed by atoms with Crippen molar-refractivity contribution in [3.8, 4) is 0 Å². The molecule has 5 nitrogen and oxygen atoms in total. The molecule has 0 heterocycles. The molecule has 6 heteroatoms. The van der Waals surface area contributed by atoms with Gasteiger partial charge in [0.25, 0.3) is 0 Å². The minimum atomic E-state index is -0.286. The van der Waals surface area contributed by atoms with E-state index in [4.69, 9.17) is 16.3 Å². The molecule has 1 aromatic rings. The highest BCUT2D eigenvalue weighted by atomic mass is 35.5. The number of hydrogen-bond donors (Lipinski definition) is 1. The van der Waals surface area contributed by atoms with Gasteiger partial charge in [0.05, 0.1) is 13.0 Å². The Bertz CT molecular complexity index is 523. The summed E-state index contributed by atoms with van der Waals surface area (Å²) in [6.07, 6.45) is 4.46. The van der Waals surface area contributed by atoms with E-state index >= 15 is 0 Å². The molecule has 0 aliphatic rings. The molecule has 0 aromatic heterocycles. The van der Waals surface area contributed by atoms with Crippen LogP contribution in [0.3, 0.4) is 0 Å². The average Bonchev–Trinajstić information content (AvgIpc) is 2.54. The van der Waals surface area contributed by atoms with Crippen LogP contribution in [0.15, 0.2) is 24.3 Å². The van der Waals surface area contributed by atoms with Crippen LogP contribution in [0.5, 0.6) is 0 Å². The number of hydrogen-bond acceptors (Lipinski definition) is 3. The Morgan fingerprint density at radius 2 is 1.96 bits per heavy atom. The maximum absolute atomic E-state index is 12.5. The molecule has 2 amide bonds. The van der Waals surface area contributed by atoms with Crippen LogP contribution in [-0.4, -0.2) is 36.6 Å². The monoisotopic (exact) mass is 354 g/mol. The Labute approximate surface area is 149 Å². The second kappa shape index (κ2) is 11.7. The van der Waals surface area contributed by atoms with Crippen LogP contribution in [0.2, 0.25) is 5.02 Å². The molecule has 0 aliphatic carbocycles. The molecule has 1 rings (SSSR count). The number of nitrogens with one attached hydrogen (secondary N) is 1. The molecule has 0 radical (unpaired) electrons. The van der Waals surface area contributed by atoms with Gasteiger partial charge in [0.1, 0.15) is 0 Å². The molecule has 1 aromatic carbocycles. The van der Waals surface area contributed by atoms with Crippen molar-refractivity contribution in [2.75, 3.05) is 25.0 Å². The summed E-state index contributed by atoms with van der Waals surface area (Å²) in [5.41, 5.74) is 0.641. The van der Waals surface area contributed by atoms with Gasteiger partial charge in [0.15, 0.2) is 0 Å². The highest BCUT2D eigenvalue weighted by Crippen LogP contribution is 2.15. The Kier molecular flexibility index (Phi) is 9.92. The molecule has 0 atom stereocenters. The van der Waals surface area contributed by atoms with Gasteiger partial charge in [0, 0.05) is 23.8 Å². The van der Waals surface area contributed by atoms with Crippen molar-refractivity contribution in [2.45, 2.75) is 46.0 Å². The number of benzene rings is 1. The van der Waals surface area contributed by atoms with Gasteiger partial charge in [-0.15, -0.1) is 0 Å². The molecular weight excluding hydrogens is 328 g/mol. The van der Waals surface area contributed by atoms with Crippen molar-refractivity contribution < 1.29 is 14.3 Å². The summed E-state index contributed by atoms with van der Waals surface area (Å²) in [6.45, 7) is 5.23. The second-order valence-corrected chi connectivity index (χ2v) is 5.98. The SMILES string of the molecule is CCCCCCN(CCC(=O)OCC)C(=O)Nc1cccc(Cl)c1. The quantitative estimate of drug-likeness (QED) is 0.489. The Balaban J connectivity index is 2.60. The number of anilines is 1. The number of rotatable bonds is 10. The normalized spacial score (nSPS) is 10.3. The first-order chi connectivity index (χ1) is 11.6. The van der Waals surface area contributed by atoms with Gasteiger partial charge < -0.3 is 15.0 Å². The van der Waals surface area contributed by atoms with E-state index in [1.807, 2.05) is 0 Å². The standard InChI is InChI=1S/C18H27ClN2O3/c1-3-5-6-7-12-21(13-11-17(22)24-4-2)18(23)20-16-10-8-9-15(19)14-16/h8-10,14H,3-7,11-13H2,1-2H3,(H,20,23). The molecule has 0 saturated carbocycles. The van der Waals surface area contributed by atoms with Crippen LogP contribution < -0.4 is 5.32 Å². The molecule has 0 saturated heterocycles. The van der Waals surface area contributed by atoms with E-state index in [0.29, 0.717) is 30.4 Å². The Morgan fingerprint density at radius 1 is 1.17 bits per heavy atom. The predicted molar refractivity (Wildman–Crippen MR) is 97.4 cm³/mol. The number of carbonyl (C=O) groups excluding carboxylic acids is 2. The number of carbonyl (C=O) groups is 2. The fraction of sp³-hybridized carbons (Fsp3) is 0.556. The van der Waals surface area contributed by atoms with E-state index in [1.54, 1.807) is 36.1 Å². The molecule has 0 unspecified atom stereocenters. The molecule has 0 spiro atoms. The minimum absolute atomic E-state index is 0.199. The summed E-state index contributed by atoms with van der Waals surface area (Å²) in [5.74, 6) is -0.286. The first-order valence-corrected chi connectivity index (χ1v) is 8.91. The number of urea groups is 1. The summed E-state index contributed by atoms with van der Waals surface area (Å²) in [5, 5.41) is 3.39. The number of esters is 1. The second-order valence-electron chi connectivity index (χ2n) is 5.54. The number of amides is 2. The smallest absolute Gasteiger partial charge is 0.321 e. The molecular formula is C18H27ClN2O3. The highest BCUT2D eigenvalue weighted by Gasteiger charge is 2.15. The van der Waals surface area contributed by atoms with Crippen LogP contribution in [0.1, 0.15) is 46.0 Å². The first kappa shape index (κ1) is 20.3. The van der Waals surface area contributed by atoms with E-state index in [0.717, 1.165) is 25.7 Å². The topological polar surface area (TPSA) is 58.6 Å². The van der Waals surface area contributed by atoms with Gasteiger partial charge in [-0.1, -0.05) is 43.9 Å². The molecule has 0 bridgehead atoms. The van der Waals surface area contributed by atoms with Crippen molar-refractivity contribution in [3.63, 3.8) is 0 Å². The Hall–Kier alpha value is -1.75. The van der Waals surface area contributed by atoms with Crippen molar-refractivity contribution in [2.24, 2.45) is 0 Å². The van der Waals surface area contributed by atoms with Crippen molar-refractivity contribution in [3.05, 3.63) is 29.3 Å². The Morgan fingerprint density at radius 3 is 2.62 bits per heavy atom. The van der Waals surface area contributed by atoms with E-state index in [-0.39, 0.29) is 18.4 Å². The fourth-order valence-corrected chi connectivity index (χ4v) is 2.46. The lowest BCUT2D eigenvalue weighted by atomic mass is 10.2. The molecule has 0 fully saturated rings. The zero-order valence-corrected chi connectivity index (χ0v) is 15.3. The number of ether oxygens (including phenoxy) is 1. The largest absolute Gasteiger partial charge is 0.466 e. The minimum Gasteiger partial charge on any atom is -0.466 e. The predicted octanol–water partition coefficient (Wildman–Crippen LogP) is 4.71. The van der Waals surface area contributed by atoms with Gasteiger partial charge in [0.2, 0.25) is 0 Å². The average molecular weight is 355 g/mol. The summed E-state index contributed by atoms with van der Waals surface area (Å²) in [7, 11) is 0. The first-order valence-electron chi connectivity index (χ1n) is 8.54. The van der Waals surface area contributed by atoms with E-state index in [2.05, 4.69) is 12.2 Å². The lowest BCUT2D eigenvalue weighted by Gasteiger charge is -2.23. The van der Waals surface area contributed by atoms with Crippen molar-refractivity contribution in [1.29, 1.82) is 0 Å². The third-order valence-corrected chi connectivity index (χ3v) is 3.77. The fourth-order valence-electron chi connectivity index (χ4n) is 2.27. The molecule has 134 valence electrons. The van der Waals surface area contributed by atoms with Gasteiger partial charge in [-0.2, -0.15) is 0 Å². The number of nitrogens with zero attached hydrogens (tertiary/aromatic N) is 1. The van der Waals surface area contributed by atoms with Crippen LogP contribution in [0, 0.1) is 0 Å². The van der Waals surface area contributed by atoms with Gasteiger partial charge in [-0.25, -0.2) is 4.79 Å². The third-order valence-electron chi connectivity index (χ3n) is 3.54. The number of unbranched alkanes of at least 4 members (excludes halogenated alkanes) is 3. The van der Waals surface area contributed by atoms with E-state index < -0.39 is 0 Å². The summed E-state index contributed by atoms with van der Waals surface area (Å²) in [6, 6.07) is 6.78. The molecule has 0 aliphatic heterocycles. The summed E-state index contributed by atoms with van der Waals surface area (Å²) in [4.78, 5) is 25.7. The summed E-state index contributed by atoms with van der Waals surface area (Å²) < 4.78 is 4.93. The highest BCUT2D eigenvalue weighted by molar-refractivity contribution is 6.30. The van der Waals surface area contributed by atoms with E-state index in [9.17, 15) is 9.59 Å².